The molecule has 0 saturated carbocycles. The van der Waals surface area contributed by atoms with E-state index in [1.807, 2.05) is 6.92 Å². The Bertz CT molecular complexity index is 784. The van der Waals surface area contributed by atoms with Crippen molar-refractivity contribution in [1.29, 1.82) is 0 Å². The third-order valence-electron chi connectivity index (χ3n) is 3.18. The Labute approximate surface area is 139 Å². The van der Waals surface area contributed by atoms with Crippen LogP contribution in [0.1, 0.15) is 22.8 Å². The van der Waals surface area contributed by atoms with Gasteiger partial charge in [-0.2, -0.15) is 0 Å². The van der Waals surface area contributed by atoms with Crippen molar-refractivity contribution in [1.82, 2.24) is 0 Å². The normalized spacial score (nSPS) is 10.5. The summed E-state index contributed by atoms with van der Waals surface area (Å²) in [5.74, 6) is -0.945. The Morgan fingerprint density at radius 3 is 2.67 bits per heavy atom. The summed E-state index contributed by atoms with van der Waals surface area (Å²) in [5, 5.41) is 11.6. The van der Waals surface area contributed by atoms with Crippen molar-refractivity contribution in [2.45, 2.75) is 6.92 Å². The molecule has 0 bridgehead atoms. The second-order valence-electron chi connectivity index (χ2n) is 4.90. The first-order chi connectivity index (χ1) is 11.5. The Hall–Kier alpha value is -3.28. The summed E-state index contributed by atoms with van der Waals surface area (Å²) in [4.78, 5) is 23.1. The van der Waals surface area contributed by atoms with Gasteiger partial charge in [-0.3, -0.25) is 4.79 Å². The van der Waals surface area contributed by atoms with Gasteiger partial charge in [-0.05, 0) is 42.8 Å². The number of carbonyl (C=O) groups excluding carboxylic acids is 1. The average Bonchev–Trinajstić information content (AvgIpc) is 2.55. The molecule has 0 radical (unpaired) electrons. The van der Waals surface area contributed by atoms with Crippen LogP contribution >= 0.6 is 0 Å². The first-order valence-electron chi connectivity index (χ1n) is 7.35. The van der Waals surface area contributed by atoms with Crippen LogP contribution < -0.4 is 15.8 Å². The molecule has 0 heterocycles. The number of ether oxygens (including phenoxy) is 1. The first kappa shape index (κ1) is 17.1. The number of benzene rings is 2. The maximum Gasteiger partial charge on any atom is 0.337 e. The summed E-state index contributed by atoms with van der Waals surface area (Å²) >= 11 is 0. The Kier molecular flexibility index (Phi) is 5.57. The molecule has 6 heteroatoms. The lowest BCUT2D eigenvalue weighted by Gasteiger charge is -2.07. The Balaban J connectivity index is 2.09. The molecule has 1 amide bonds. The number of carboxylic acid groups (broad SMARTS) is 1. The molecule has 4 N–H and O–H groups in total. The lowest BCUT2D eigenvalue weighted by atomic mass is 10.1. The van der Waals surface area contributed by atoms with Crippen LogP contribution in [-0.4, -0.2) is 23.6 Å². The number of nitrogens with one attached hydrogen (secondary N) is 1. The van der Waals surface area contributed by atoms with Gasteiger partial charge in [-0.1, -0.05) is 18.2 Å². The predicted octanol–water partition coefficient (Wildman–Crippen LogP) is 3.02. The lowest BCUT2D eigenvalue weighted by Crippen LogP contribution is -2.11. The van der Waals surface area contributed by atoms with Gasteiger partial charge in [-0.25, -0.2) is 4.79 Å². The van der Waals surface area contributed by atoms with Gasteiger partial charge in [0.1, 0.15) is 5.75 Å². The number of para-hydroxylation sites is 1. The zero-order chi connectivity index (χ0) is 17.5. The van der Waals surface area contributed by atoms with E-state index in [1.165, 1.54) is 18.2 Å². The first-order valence-corrected chi connectivity index (χ1v) is 7.35. The molecule has 0 unspecified atom stereocenters. The van der Waals surface area contributed by atoms with Gasteiger partial charge < -0.3 is 20.9 Å². The Morgan fingerprint density at radius 1 is 1.25 bits per heavy atom. The molecular weight excluding hydrogens is 308 g/mol. The third-order valence-corrected chi connectivity index (χ3v) is 3.18. The van der Waals surface area contributed by atoms with Crippen LogP contribution in [0.25, 0.3) is 6.08 Å². The molecule has 0 fully saturated rings. The highest BCUT2D eigenvalue weighted by Crippen LogP contribution is 2.23. The molecule has 2 rings (SSSR count). The molecule has 0 saturated heterocycles. The van der Waals surface area contributed by atoms with E-state index in [1.54, 1.807) is 36.4 Å². The van der Waals surface area contributed by atoms with Crippen molar-refractivity contribution in [3.63, 3.8) is 0 Å². The lowest BCUT2D eigenvalue weighted by molar-refractivity contribution is -0.111. The smallest absolute Gasteiger partial charge is 0.337 e. The number of nitrogen functional groups attached to an aromatic ring is 1. The highest BCUT2D eigenvalue weighted by Gasteiger charge is 2.10. The summed E-state index contributed by atoms with van der Waals surface area (Å²) in [7, 11) is 0. The summed E-state index contributed by atoms with van der Waals surface area (Å²) in [6.45, 7) is 2.39. The summed E-state index contributed by atoms with van der Waals surface area (Å²) in [6.07, 6.45) is 2.90. The summed E-state index contributed by atoms with van der Waals surface area (Å²) < 4.78 is 5.35. The van der Waals surface area contributed by atoms with E-state index in [0.29, 0.717) is 18.0 Å². The number of anilines is 2. The fourth-order valence-corrected chi connectivity index (χ4v) is 2.08. The van der Waals surface area contributed by atoms with E-state index < -0.39 is 11.9 Å². The minimum Gasteiger partial charge on any atom is -0.492 e. The van der Waals surface area contributed by atoms with Crippen LogP contribution in [0.2, 0.25) is 0 Å². The van der Waals surface area contributed by atoms with Crippen LogP contribution in [0.3, 0.4) is 0 Å². The van der Waals surface area contributed by atoms with E-state index in [2.05, 4.69) is 5.32 Å². The number of rotatable bonds is 6. The number of carboxylic acids is 1. The highest BCUT2D eigenvalue weighted by molar-refractivity contribution is 6.06. The van der Waals surface area contributed by atoms with Crippen LogP contribution in [0.4, 0.5) is 11.4 Å². The molecule has 24 heavy (non-hydrogen) atoms. The number of amides is 1. The predicted molar refractivity (Wildman–Crippen MR) is 93.1 cm³/mol. The third kappa shape index (κ3) is 4.36. The number of carbonyl (C=O) groups is 2. The van der Waals surface area contributed by atoms with Crippen LogP contribution in [0, 0.1) is 0 Å². The van der Waals surface area contributed by atoms with E-state index in [4.69, 9.17) is 15.6 Å². The van der Waals surface area contributed by atoms with Gasteiger partial charge in [-0.15, -0.1) is 0 Å². The van der Waals surface area contributed by atoms with Crippen LogP contribution in [0.5, 0.6) is 5.75 Å². The monoisotopic (exact) mass is 326 g/mol. The zero-order valence-electron chi connectivity index (χ0n) is 13.2. The second kappa shape index (κ2) is 7.82. The number of hydrogen-bond acceptors (Lipinski definition) is 4. The molecule has 0 spiro atoms. The van der Waals surface area contributed by atoms with Crippen molar-refractivity contribution in [2.75, 3.05) is 17.7 Å². The minimum atomic E-state index is -1.10. The van der Waals surface area contributed by atoms with Crippen molar-refractivity contribution in [2.24, 2.45) is 0 Å². The topological polar surface area (TPSA) is 102 Å². The van der Waals surface area contributed by atoms with Crippen molar-refractivity contribution < 1.29 is 19.4 Å². The van der Waals surface area contributed by atoms with Gasteiger partial charge in [0.25, 0.3) is 0 Å². The Morgan fingerprint density at radius 2 is 2.00 bits per heavy atom. The van der Waals surface area contributed by atoms with Gasteiger partial charge in [0, 0.05) is 6.08 Å². The second-order valence-corrected chi connectivity index (χ2v) is 4.90. The van der Waals surface area contributed by atoms with Gasteiger partial charge in [0.2, 0.25) is 5.91 Å². The molecule has 2 aromatic carbocycles. The van der Waals surface area contributed by atoms with Crippen LogP contribution in [0.15, 0.2) is 48.5 Å². The largest absolute Gasteiger partial charge is 0.492 e. The van der Waals surface area contributed by atoms with E-state index in [-0.39, 0.29) is 11.3 Å². The van der Waals surface area contributed by atoms with Crippen LogP contribution in [-0.2, 0) is 4.79 Å². The van der Waals surface area contributed by atoms with E-state index in [9.17, 15) is 9.59 Å². The highest BCUT2D eigenvalue weighted by atomic mass is 16.5. The fraction of sp³-hybridized carbons (Fsp3) is 0.111. The molecule has 6 nitrogen and oxygen atoms in total. The maximum atomic E-state index is 12.0. The molecule has 0 aliphatic carbocycles. The quantitative estimate of drug-likeness (QED) is 0.559. The SMILES string of the molecule is CCOc1ccc(/C=C\C(=O)Nc2ccccc2C(=O)O)cc1N. The standard InChI is InChI=1S/C18H18N2O4/c1-2-24-16-9-7-12(11-14(16)19)8-10-17(21)20-15-6-4-3-5-13(15)18(22)23/h3-11H,2,19H2,1H3,(H,20,21)(H,22,23)/b10-8-. The molecular formula is C18H18N2O4. The van der Waals surface area contributed by atoms with Crippen molar-refractivity contribution in [3.8, 4) is 5.75 Å². The zero-order valence-corrected chi connectivity index (χ0v) is 13.2. The van der Waals surface area contributed by atoms with Gasteiger partial charge in [0.15, 0.2) is 0 Å². The summed E-state index contributed by atoms with van der Waals surface area (Å²) in [5.41, 5.74) is 7.36. The average molecular weight is 326 g/mol. The van der Waals surface area contributed by atoms with Gasteiger partial charge in [0.05, 0.1) is 23.5 Å². The fourth-order valence-electron chi connectivity index (χ4n) is 2.08. The van der Waals surface area contributed by atoms with Crippen molar-refractivity contribution in [3.05, 3.63) is 59.7 Å². The number of aromatic carboxylic acids is 1. The van der Waals surface area contributed by atoms with Crippen molar-refractivity contribution >= 4 is 29.3 Å². The molecule has 2 aromatic rings. The molecule has 0 aliphatic heterocycles. The van der Waals surface area contributed by atoms with Gasteiger partial charge >= 0.3 is 5.97 Å². The summed E-state index contributed by atoms with van der Waals surface area (Å²) in [6, 6.07) is 11.4. The molecule has 124 valence electrons. The van der Waals surface area contributed by atoms with E-state index >= 15 is 0 Å². The maximum absolute atomic E-state index is 12.0. The van der Waals surface area contributed by atoms with E-state index in [0.717, 1.165) is 5.56 Å². The number of hydrogen-bond donors (Lipinski definition) is 3. The molecule has 0 aliphatic rings. The molecule has 0 atom stereocenters. The minimum absolute atomic E-state index is 0.0320. The number of nitrogens with two attached hydrogens (primary N) is 1. The molecule has 0 aromatic heterocycles.